The Labute approximate surface area is 175 Å². The van der Waals surface area contributed by atoms with Gasteiger partial charge >= 0.3 is 0 Å². The summed E-state index contributed by atoms with van der Waals surface area (Å²) in [6, 6.07) is 13.2. The molecule has 2 amide bonds. The lowest BCUT2D eigenvalue weighted by atomic mass is 10.2. The number of quaternary nitrogens is 2. The van der Waals surface area contributed by atoms with E-state index in [-0.39, 0.29) is 17.6 Å². The monoisotopic (exact) mass is 416 g/mol. The molecule has 0 spiro atoms. The summed E-state index contributed by atoms with van der Waals surface area (Å²) in [7, 11) is 0. The molecule has 8 heteroatoms. The minimum Gasteiger partial charge on any atom is -0.492 e. The van der Waals surface area contributed by atoms with Gasteiger partial charge in [0.1, 0.15) is 37.7 Å². The Morgan fingerprint density at radius 2 is 1.47 bits per heavy atom. The maximum absolute atomic E-state index is 12.9. The Hall–Kier alpha value is -2.97. The van der Waals surface area contributed by atoms with Crippen LogP contribution in [0.4, 0.5) is 15.8 Å². The quantitative estimate of drug-likeness (QED) is 0.473. The highest BCUT2D eigenvalue weighted by Gasteiger charge is 2.26. The molecule has 30 heavy (non-hydrogen) atoms. The normalized spacial score (nSPS) is 18.5. The van der Waals surface area contributed by atoms with Crippen molar-refractivity contribution in [3.05, 3.63) is 54.3 Å². The molecule has 3 rings (SSSR count). The second-order valence-corrected chi connectivity index (χ2v) is 7.39. The molecule has 160 valence electrons. The largest absolute Gasteiger partial charge is 0.492 e. The minimum absolute atomic E-state index is 0.0466. The fraction of sp³-hybridized carbons (Fsp3) is 0.364. The van der Waals surface area contributed by atoms with Gasteiger partial charge in [-0.1, -0.05) is 12.1 Å². The zero-order valence-corrected chi connectivity index (χ0v) is 17.2. The maximum Gasteiger partial charge on any atom is 0.279 e. The summed E-state index contributed by atoms with van der Waals surface area (Å²) in [5, 5.41) is 5.73. The summed E-state index contributed by atoms with van der Waals surface area (Å²) in [6.45, 7) is 6.46. The number of hydrogen-bond donors (Lipinski definition) is 4. The van der Waals surface area contributed by atoms with E-state index in [9.17, 15) is 14.0 Å². The summed E-state index contributed by atoms with van der Waals surface area (Å²) in [5.41, 5.74) is 1.28. The highest BCUT2D eigenvalue weighted by molar-refractivity contribution is 5.93. The number of benzene rings is 2. The first-order valence-electron chi connectivity index (χ1n) is 10.3. The number of rotatable bonds is 8. The van der Waals surface area contributed by atoms with Crippen LogP contribution in [0.1, 0.15) is 6.92 Å². The van der Waals surface area contributed by atoms with E-state index in [1.165, 1.54) is 21.9 Å². The van der Waals surface area contributed by atoms with E-state index >= 15 is 0 Å². The number of amides is 2. The number of piperazine rings is 1. The maximum atomic E-state index is 12.9. The molecule has 0 unspecified atom stereocenters. The molecule has 1 aliphatic heterocycles. The molecule has 1 heterocycles. The first-order valence-corrected chi connectivity index (χ1v) is 10.3. The van der Waals surface area contributed by atoms with E-state index in [1.807, 2.05) is 31.2 Å². The van der Waals surface area contributed by atoms with Crippen molar-refractivity contribution in [2.45, 2.75) is 6.92 Å². The van der Waals surface area contributed by atoms with Gasteiger partial charge in [0.25, 0.3) is 11.8 Å². The van der Waals surface area contributed by atoms with Gasteiger partial charge in [0, 0.05) is 5.69 Å². The molecule has 0 saturated carbocycles. The van der Waals surface area contributed by atoms with Crippen LogP contribution in [0, 0.1) is 5.82 Å². The third kappa shape index (κ3) is 6.53. The zero-order chi connectivity index (χ0) is 21.3. The fourth-order valence-corrected chi connectivity index (χ4v) is 3.55. The van der Waals surface area contributed by atoms with E-state index in [2.05, 4.69) is 10.6 Å². The van der Waals surface area contributed by atoms with Gasteiger partial charge in [-0.25, -0.2) is 4.39 Å². The van der Waals surface area contributed by atoms with Gasteiger partial charge in [-0.2, -0.15) is 0 Å². The number of para-hydroxylation sites is 2. The molecule has 0 radical (unpaired) electrons. The summed E-state index contributed by atoms with van der Waals surface area (Å²) in [4.78, 5) is 27.0. The number of hydrogen-bond acceptors (Lipinski definition) is 3. The van der Waals surface area contributed by atoms with Gasteiger partial charge in [-0.15, -0.1) is 0 Å². The Morgan fingerprint density at radius 3 is 2.07 bits per heavy atom. The van der Waals surface area contributed by atoms with Crippen LogP contribution in [0.15, 0.2) is 48.5 Å². The third-order valence-corrected chi connectivity index (χ3v) is 5.07. The van der Waals surface area contributed by atoms with Crippen molar-refractivity contribution < 1.29 is 28.5 Å². The Kier molecular flexibility index (Phi) is 7.75. The van der Waals surface area contributed by atoms with Crippen molar-refractivity contribution in [3.8, 4) is 5.75 Å². The first kappa shape index (κ1) is 21.7. The topological polar surface area (TPSA) is 76.3 Å². The van der Waals surface area contributed by atoms with Gasteiger partial charge in [0.2, 0.25) is 0 Å². The second-order valence-electron chi connectivity index (χ2n) is 7.39. The minimum atomic E-state index is -0.330. The highest BCUT2D eigenvalue weighted by Crippen LogP contribution is 2.23. The number of carbonyl (C=O) groups excluding carboxylic acids is 2. The van der Waals surface area contributed by atoms with Crippen molar-refractivity contribution >= 4 is 23.2 Å². The summed E-state index contributed by atoms with van der Waals surface area (Å²) >= 11 is 0. The number of nitrogens with one attached hydrogen (secondary N) is 4. The Bertz CT molecular complexity index is 852. The third-order valence-electron chi connectivity index (χ3n) is 5.07. The molecule has 0 aromatic heterocycles. The molecule has 2 aromatic rings. The predicted octanol–water partition coefficient (Wildman–Crippen LogP) is -0.415. The molecule has 1 saturated heterocycles. The molecule has 0 aliphatic carbocycles. The van der Waals surface area contributed by atoms with E-state index in [0.29, 0.717) is 36.8 Å². The molecule has 0 atom stereocenters. The van der Waals surface area contributed by atoms with Crippen molar-refractivity contribution in [2.24, 2.45) is 0 Å². The molecule has 1 aliphatic rings. The van der Waals surface area contributed by atoms with E-state index < -0.39 is 0 Å². The standard InChI is InChI=1S/C22H27FN4O3/c1-2-30-20-6-4-3-5-19(20)25-22(29)16-27-13-11-26(12-14-27)15-21(28)24-18-9-7-17(23)8-10-18/h3-10H,2,11-16H2,1H3,(H,24,28)(H,25,29)/p+2. The molecule has 0 bridgehead atoms. The van der Waals surface area contributed by atoms with Crippen LogP contribution in [0.5, 0.6) is 5.75 Å². The Morgan fingerprint density at radius 1 is 0.900 bits per heavy atom. The van der Waals surface area contributed by atoms with Crippen LogP contribution in [0.25, 0.3) is 0 Å². The van der Waals surface area contributed by atoms with Crippen LogP contribution >= 0.6 is 0 Å². The molecular formula is C22H29FN4O3+2. The van der Waals surface area contributed by atoms with Crippen molar-refractivity contribution in [2.75, 3.05) is 56.5 Å². The van der Waals surface area contributed by atoms with E-state index in [0.717, 1.165) is 26.2 Å². The first-order chi connectivity index (χ1) is 14.5. The molecule has 7 nitrogen and oxygen atoms in total. The van der Waals surface area contributed by atoms with Gasteiger partial charge in [-0.3, -0.25) is 9.59 Å². The molecule has 1 fully saturated rings. The van der Waals surface area contributed by atoms with Crippen LogP contribution < -0.4 is 25.2 Å². The van der Waals surface area contributed by atoms with Crippen molar-refractivity contribution in [3.63, 3.8) is 0 Å². The average molecular weight is 416 g/mol. The van der Waals surface area contributed by atoms with Crippen molar-refractivity contribution in [1.82, 2.24) is 0 Å². The Balaban J connectivity index is 1.40. The second kappa shape index (κ2) is 10.7. The van der Waals surface area contributed by atoms with Gasteiger partial charge < -0.3 is 25.2 Å². The number of anilines is 2. The van der Waals surface area contributed by atoms with E-state index in [4.69, 9.17) is 4.74 Å². The van der Waals surface area contributed by atoms with Crippen LogP contribution in [0.2, 0.25) is 0 Å². The zero-order valence-electron chi connectivity index (χ0n) is 17.2. The smallest absolute Gasteiger partial charge is 0.279 e. The lowest BCUT2D eigenvalue weighted by Crippen LogP contribution is -3.28. The summed E-state index contributed by atoms with van der Waals surface area (Å²) in [6.07, 6.45) is 0. The molecular weight excluding hydrogens is 387 g/mol. The lowest BCUT2D eigenvalue weighted by molar-refractivity contribution is -1.00. The summed E-state index contributed by atoms with van der Waals surface area (Å²) < 4.78 is 18.5. The predicted molar refractivity (Wildman–Crippen MR) is 112 cm³/mol. The van der Waals surface area contributed by atoms with Crippen LogP contribution in [0.3, 0.4) is 0 Å². The van der Waals surface area contributed by atoms with Crippen LogP contribution in [-0.4, -0.2) is 57.7 Å². The fourth-order valence-electron chi connectivity index (χ4n) is 3.55. The number of halogens is 1. The molecule has 2 aromatic carbocycles. The summed E-state index contributed by atoms with van der Waals surface area (Å²) in [5.74, 6) is 0.202. The lowest BCUT2D eigenvalue weighted by Gasteiger charge is -2.29. The number of ether oxygens (including phenoxy) is 1. The number of carbonyl (C=O) groups is 2. The van der Waals surface area contributed by atoms with Crippen molar-refractivity contribution in [1.29, 1.82) is 0 Å². The van der Waals surface area contributed by atoms with Gasteiger partial charge in [0.05, 0.1) is 12.3 Å². The average Bonchev–Trinajstić information content (AvgIpc) is 2.73. The highest BCUT2D eigenvalue weighted by atomic mass is 19.1. The molecule has 4 N–H and O–H groups in total. The van der Waals surface area contributed by atoms with Gasteiger partial charge in [0.15, 0.2) is 13.1 Å². The van der Waals surface area contributed by atoms with Gasteiger partial charge in [-0.05, 0) is 43.3 Å². The SMILES string of the molecule is CCOc1ccccc1NC(=O)C[NH+]1CC[NH+](CC(=O)Nc2ccc(F)cc2)CC1. The van der Waals surface area contributed by atoms with E-state index in [1.54, 1.807) is 12.1 Å². The van der Waals surface area contributed by atoms with Crippen LogP contribution in [-0.2, 0) is 9.59 Å².